The molecule has 8 aromatic rings. The Morgan fingerprint density at radius 1 is 0.532 bits per heavy atom. The summed E-state index contributed by atoms with van der Waals surface area (Å²) in [6.07, 6.45) is 6.79. The van der Waals surface area contributed by atoms with E-state index in [4.69, 9.17) is 5.73 Å². The average molecular weight is 1040 g/mol. The predicted molar refractivity (Wildman–Crippen MR) is 296 cm³/mol. The minimum Gasteiger partial charge on any atom is -0.344 e. The molecule has 0 radical (unpaired) electrons. The third-order valence-corrected chi connectivity index (χ3v) is 14.3. The largest absolute Gasteiger partial charge is 0.344 e. The number of nitrogens with one attached hydrogen (secondary N) is 1. The number of anilines is 2. The van der Waals surface area contributed by atoms with E-state index in [1.165, 1.54) is 0 Å². The van der Waals surface area contributed by atoms with Crippen molar-refractivity contribution < 1.29 is 32.8 Å². The summed E-state index contributed by atoms with van der Waals surface area (Å²) in [7, 11) is 3.85. The van der Waals surface area contributed by atoms with Crippen LogP contribution in [0.5, 0.6) is 0 Å². The highest BCUT2D eigenvalue weighted by Crippen LogP contribution is 2.31. The van der Waals surface area contributed by atoms with Crippen LogP contribution in [0.15, 0.2) is 146 Å². The molecule has 2 aliphatic heterocycles. The number of nitrogens with two attached hydrogens (primary N) is 1. The molecule has 0 bridgehead atoms. The quantitative estimate of drug-likeness (QED) is 0.101. The van der Waals surface area contributed by atoms with E-state index in [1.54, 1.807) is 41.3 Å². The number of likely N-dealkylation sites (tertiary alicyclic amines) is 2. The van der Waals surface area contributed by atoms with E-state index in [1.807, 2.05) is 110 Å². The summed E-state index contributed by atoms with van der Waals surface area (Å²) in [5.41, 5.74) is 16.1. The number of carbonyl (C=O) groups is 5. The Morgan fingerprint density at radius 2 is 0.922 bits per heavy atom. The van der Waals surface area contributed by atoms with Crippen LogP contribution in [0.1, 0.15) is 70.4 Å². The normalized spacial score (nSPS) is 13.5. The second-order valence-corrected chi connectivity index (χ2v) is 19.5. The molecular weight excluding hydrogens is 979 g/mol. The van der Waals surface area contributed by atoms with Crippen LogP contribution < -0.4 is 20.9 Å². The molecule has 77 heavy (non-hydrogen) atoms. The number of amides is 5. The van der Waals surface area contributed by atoms with Gasteiger partial charge in [0, 0.05) is 73.5 Å². The van der Waals surface area contributed by atoms with Gasteiger partial charge in [0.25, 0.3) is 5.91 Å². The Labute approximate surface area is 445 Å². The van der Waals surface area contributed by atoms with Gasteiger partial charge in [-0.1, -0.05) is 97.1 Å². The van der Waals surface area contributed by atoms with Crippen molar-refractivity contribution in [3.8, 4) is 22.3 Å². The molecule has 396 valence electrons. The zero-order valence-corrected chi connectivity index (χ0v) is 43.3. The number of benzene rings is 6. The first-order valence-electron chi connectivity index (χ1n) is 26.0. The number of halogens is 2. The fourth-order valence-electron chi connectivity index (χ4n) is 9.79. The maximum atomic E-state index is 13.7. The Balaban J connectivity index is 0.000000189. The molecule has 4 heterocycles. The van der Waals surface area contributed by atoms with Gasteiger partial charge in [0.2, 0.25) is 0 Å². The Hall–Kier alpha value is -8.57. The maximum absolute atomic E-state index is 13.7. The Morgan fingerprint density at radius 3 is 1.31 bits per heavy atom. The number of ketones is 2. The minimum absolute atomic E-state index is 0.0147. The van der Waals surface area contributed by atoms with Crippen LogP contribution in [0.25, 0.3) is 44.1 Å². The molecule has 2 saturated heterocycles. The van der Waals surface area contributed by atoms with Crippen LogP contribution in [0.2, 0.25) is 0 Å². The number of alkyl halides is 2. The van der Waals surface area contributed by atoms with Crippen LogP contribution in [-0.2, 0) is 32.0 Å². The summed E-state index contributed by atoms with van der Waals surface area (Å²) >= 11 is 0. The highest BCUT2D eigenvalue weighted by atomic mass is 19.3. The van der Waals surface area contributed by atoms with Gasteiger partial charge < -0.3 is 20.9 Å². The van der Waals surface area contributed by atoms with E-state index in [9.17, 15) is 32.8 Å². The standard InChI is InChI=1S/C31H31F2N5O3.C29H31N5O2/c1-36-27-17-24(9-10-25(27)18-35-36)22-11-13-26(14-12-22)38(31(41)37-15-3-2-4-16-37)20-21-5-7-23(8-6-21)28(39)19-34-30(40)29(32)33;1-32-27-17-24(9-10-25(27)19-31-32)22-11-13-26(14-12-22)34(29(36)33-15-3-2-4-16-33)20-21-5-7-23(8-6-21)28(35)18-30/h5-14,17-18,29H,2-4,15-16,19-20H2,1H3,(H,34,40);5-14,17,19H,2-4,15-16,18,20,30H2,1H3. The highest BCUT2D eigenvalue weighted by Gasteiger charge is 2.27. The van der Waals surface area contributed by atoms with Crippen LogP contribution in [0, 0.1) is 0 Å². The van der Waals surface area contributed by atoms with Gasteiger partial charge >= 0.3 is 18.5 Å². The van der Waals surface area contributed by atoms with Crippen LogP contribution in [0.4, 0.5) is 29.7 Å². The molecule has 15 nitrogen and oxygen atoms in total. The van der Waals surface area contributed by atoms with E-state index < -0.39 is 24.7 Å². The maximum Gasteiger partial charge on any atom is 0.324 e. The lowest BCUT2D eigenvalue weighted by molar-refractivity contribution is -0.131. The molecule has 6 aromatic carbocycles. The molecule has 0 aliphatic carbocycles. The Bertz CT molecular complexity index is 3370. The molecule has 2 fully saturated rings. The smallest absolute Gasteiger partial charge is 0.324 e. The molecule has 0 atom stereocenters. The second-order valence-electron chi connectivity index (χ2n) is 19.5. The number of rotatable bonds is 14. The van der Waals surface area contributed by atoms with Crippen molar-refractivity contribution in [2.75, 3.05) is 49.1 Å². The molecule has 5 amide bonds. The van der Waals surface area contributed by atoms with Gasteiger partial charge in [0.1, 0.15) is 0 Å². The SMILES string of the molecule is Cn1ncc2ccc(-c3ccc(N(Cc4ccc(C(=O)CN)cc4)C(=O)N4CCCCC4)cc3)cc21.Cn1ncc2ccc(-c3ccc(N(Cc4ccc(C(=O)CNC(=O)C(F)F)cc4)C(=O)N4CCCCC4)cc3)cc21. The number of urea groups is 2. The molecule has 17 heteroatoms. The summed E-state index contributed by atoms with van der Waals surface area (Å²) in [4.78, 5) is 70.0. The summed E-state index contributed by atoms with van der Waals surface area (Å²) < 4.78 is 28.5. The number of hydrogen-bond donors (Lipinski definition) is 2. The van der Waals surface area contributed by atoms with Gasteiger partial charge in [-0.05, 0) is 108 Å². The van der Waals surface area contributed by atoms with Crippen molar-refractivity contribution >= 4 is 62.7 Å². The van der Waals surface area contributed by atoms with Gasteiger partial charge in [-0.3, -0.25) is 33.5 Å². The topological polar surface area (TPSA) is 172 Å². The fraction of sp³-hybridized carbons (Fsp3) is 0.283. The first-order valence-corrected chi connectivity index (χ1v) is 26.0. The van der Waals surface area contributed by atoms with Gasteiger partial charge in [-0.2, -0.15) is 19.0 Å². The Kier molecular flexibility index (Phi) is 16.9. The number of aromatic nitrogens is 4. The van der Waals surface area contributed by atoms with Gasteiger partial charge in [0.05, 0.1) is 49.6 Å². The molecular formula is C60H62F2N10O5. The number of hydrogen-bond acceptors (Lipinski definition) is 8. The lowest BCUT2D eigenvalue weighted by Crippen LogP contribution is -2.45. The first-order chi connectivity index (χ1) is 37.3. The summed E-state index contributed by atoms with van der Waals surface area (Å²) in [5.74, 6) is -2.06. The highest BCUT2D eigenvalue weighted by molar-refractivity contribution is 6.00. The van der Waals surface area contributed by atoms with E-state index in [0.717, 1.165) is 118 Å². The predicted octanol–water partition coefficient (Wildman–Crippen LogP) is 10.4. The minimum atomic E-state index is -3.17. The number of Topliss-reactive ketones (excluding diaryl/α,β-unsaturated/α-hetero) is 2. The third kappa shape index (κ3) is 12.8. The zero-order valence-electron chi connectivity index (χ0n) is 43.3. The van der Waals surface area contributed by atoms with E-state index in [-0.39, 0.29) is 36.5 Å². The monoisotopic (exact) mass is 1040 g/mol. The molecule has 10 rings (SSSR count). The van der Waals surface area contributed by atoms with Crippen molar-refractivity contribution in [2.45, 2.75) is 58.0 Å². The summed E-state index contributed by atoms with van der Waals surface area (Å²) in [5, 5.41) is 12.7. The lowest BCUT2D eigenvalue weighted by atomic mass is 10.0. The number of nitrogens with zero attached hydrogens (tertiary/aromatic N) is 8. The van der Waals surface area contributed by atoms with Crippen molar-refractivity contribution in [3.63, 3.8) is 0 Å². The van der Waals surface area contributed by atoms with Crippen molar-refractivity contribution in [1.29, 1.82) is 0 Å². The number of piperidine rings is 2. The number of aryl methyl sites for hydroxylation is 2. The average Bonchev–Trinajstić information content (AvgIpc) is 4.05. The van der Waals surface area contributed by atoms with Crippen LogP contribution in [0.3, 0.4) is 0 Å². The van der Waals surface area contributed by atoms with Gasteiger partial charge in [-0.15, -0.1) is 0 Å². The van der Waals surface area contributed by atoms with E-state index in [2.05, 4.69) is 52.7 Å². The van der Waals surface area contributed by atoms with Crippen molar-refractivity contribution in [3.05, 3.63) is 168 Å². The molecule has 0 spiro atoms. The fourth-order valence-corrected chi connectivity index (χ4v) is 9.79. The number of carbonyl (C=O) groups excluding carboxylic acids is 5. The lowest BCUT2D eigenvalue weighted by Gasteiger charge is -2.33. The molecule has 2 aromatic heterocycles. The molecule has 0 saturated carbocycles. The zero-order chi connectivity index (χ0) is 54.0. The number of fused-ring (bicyclic) bond motifs is 2. The van der Waals surface area contributed by atoms with E-state index in [0.29, 0.717) is 25.2 Å². The summed E-state index contributed by atoms with van der Waals surface area (Å²) in [6.45, 7) is 3.15. The first kappa shape index (κ1) is 53.3. The molecule has 2 aliphatic rings. The second kappa shape index (κ2) is 24.4. The molecule has 3 N–H and O–H groups in total. The van der Waals surface area contributed by atoms with Gasteiger partial charge in [0.15, 0.2) is 11.6 Å². The van der Waals surface area contributed by atoms with Crippen LogP contribution in [-0.4, -0.2) is 105 Å². The van der Waals surface area contributed by atoms with Crippen molar-refractivity contribution in [2.24, 2.45) is 19.8 Å². The third-order valence-electron chi connectivity index (χ3n) is 14.3. The van der Waals surface area contributed by atoms with Crippen LogP contribution >= 0.6 is 0 Å². The van der Waals surface area contributed by atoms with Crippen molar-refractivity contribution in [1.82, 2.24) is 34.7 Å². The molecule has 0 unspecified atom stereocenters. The summed E-state index contributed by atoms with van der Waals surface area (Å²) in [6, 6.07) is 42.4. The van der Waals surface area contributed by atoms with Gasteiger partial charge in [-0.25, -0.2) is 9.59 Å². The van der Waals surface area contributed by atoms with E-state index >= 15 is 0 Å².